The molecule has 13 heteroatoms. The van der Waals surface area contributed by atoms with Gasteiger partial charge in [0.15, 0.2) is 6.61 Å². The van der Waals surface area contributed by atoms with E-state index in [1.54, 1.807) is 12.1 Å². The monoisotopic (exact) mass is 431 g/mol. The van der Waals surface area contributed by atoms with Crippen molar-refractivity contribution in [3.05, 3.63) is 59.9 Å². The number of amides is 1. The standard InChI is InChI=1S/C17H11F6N5O2/c18-16(19,20)10-5-11(17(21,22)23)7-12(6-10)25-15(29)8-30-14-3-1-13(2-4-14)28-9-24-26-27-28/h1-7,9H,8H2,(H,25,29). The maximum Gasteiger partial charge on any atom is 0.416 e. The van der Waals surface area contributed by atoms with Gasteiger partial charge in [-0.05, 0) is 52.9 Å². The summed E-state index contributed by atoms with van der Waals surface area (Å²) < 4.78 is 83.7. The van der Waals surface area contributed by atoms with Crippen LogP contribution < -0.4 is 10.1 Å². The Morgan fingerprint density at radius 1 is 0.967 bits per heavy atom. The Morgan fingerprint density at radius 2 is 1.57 bits per heavy atom. The zero-order valence-corrected chi connectivity index (χ0v) is 14.7. The lowest BCUT2D eigenvalue weighted by Crippen LogP contribution is -2.21. The molecule has 1 heterocycles. The van der Waals surface area contributed by atoms with E-state index >= 15 is 0 Å². The van der Waals surface area contributed by atoms with Gasteiger partial charge in [0.25, 0.3) is 5.91 Å². The lowest BCUT2D eigenvalue weighted by Gasteiger charge is -2.15. The molecule has 0 fully saturated rings. The van der Waals surface area contributed by atoms with Crippen molar-refractivity contribution in [3.8, 4) is 11.4 Å². The number of carbonyl (C=O) groups excluding carboxylic acids is 1. The highest BCUT2D eigenvalue weighted by atomic mass is 19.4. The average Bonchev–Trinajstić information content (AvgIpc) is 3.20. The summed E-state index contributed by atoms with van der Waals surface area (Å²) >= 11 is 0. The SMILES string of the molecule is O=C(COc1ccc(-n2cnnn2)cc1)Nc1cc(C(F)(F)F)cc(C(F)(F)F)c1. The van der Waals surface area contributed by atoms with E-state index in [9.17, 15) is 31.1 Å². The van der Waals surface area contributed by atoms with Gasteiger partial charge in [-0.3, -0.25) is 4.79 Å². The number of anilines is 1. The van der Waals surface area contributed by atoms with Gasteiger partial charge in [0.05, 0.1) is 16.8 Å². The Bertz CT molecular complexity index is 984. The molecule has 1 amide bonds. The number of rotatable bonds is 5. The lowest BCUT2D eigenvalue weighted by molar-refractivity contribution is -0.143. The normalized spacial score (nSPS) is 11.9. The van der Waals surface area contributed by atoms with Crippen LogP contribution in [0.3, 0.4) is 0 Å². The number of ether oxygens (including phenoxy) is 1. The summed E-state index contributed by atoms with van der Waals surface area (Å²) in [5.41, 5.74) is -3.13. The molecule has 0 aliphatic carbocycles. The van der Waals surface area contributed by atoms with Crippen LogP contribution in [0.25, 0.3) is 5.69 Å². The molecule has 0 saturated carbocycles. The fourth-order valence-electron chi connectivity index (χ4n) is 2.35. The number of aromatic nitrogens is 4. The molecule has 0 aliphatic rings. The minimum absolute atomic E-state index is 0.0294. The number of alkyl halides is 6. The molecule has 0 radical (unpaired) electrons. The predicted octanol–water partition coefficient (Wildman–Crippen LogP) is 3.72. The largest absolute Gasteiger partial charge is 0.484 e. The first-order valence-electron chi connectivity index (χ1n) is 8.08. The summed E-state index contributed by atoms with van der Waals surface area (Å²) in [7, 11) is 0. The minimum atomic E-state index is -5.02. The van der Waals surface area contributed by atoms with Crippen LogP contribution in [0.4, 0.5) is 32.0 Å². The first kappa shape index (κ1) is 21.1. The Morgan fingerprint density at radius 3 is 2.07 bits per heavy atom. The molecule has 2 aromatic carbocycles. The first-order valence-corrected chi connectivity index (χ1v) is 8.08. The van der Waals surface area contributed by atoms with E-state index in [0.717, 1.165) is 0 Å². The highest BCUT2D eigenvalue weighted by Gasteiger charge is 2.37. The molecule has 3 rings (SSSR count). The van der Waals surface area contributed by atoms with Gasteiger partial charge in [-0.2, -0.15) is 26.3 Å². The molecule has 158 valence electrons. The van der Waals surface area contributed by atoms with Crippen LogP contribution in [0.15, 0.2) is 48.8 Å². The Hall–Kier alpha value is -3.64. The number of hydrogen-bond donors (Lipinski definition) is 1. The molecule has 1 N–H and O–H groups in total. The van der Waals surface area contributed by atoms with E-state index in [1.165, 1.54) is 23.1 Å². The molecule has 0 spiro atoms. The summed E-state index contributed by atoms with van der Waals surface area (Å²) in [5, 5.41) is 12.6. The van der Waals surface area contributed by atoms with Crippen LogP contribution >= 0.6 is 0 Å². The number of nitrogens with one attached hydrogen (secondary N) is 1. The molecule has 0 aliphatic heterocycles. The van der Waals surface area contributed by atoms with Crippen molar-refractivity contribution in [3.63, 3.8) is 0 Å². The van der Waals surface area contributed by atoms with E-state index in [4.69, 9.17) is 4.74 Å². The van der Waals surface area contributed by atoms with Gasteiger partial charge >= 0.3 is 12.4 Å². The highest BCUT2D eigenvalue weighted by Crippen LogP contribution is 2.37. The molecule has 30 heavy (non-hydrogen) atoms. The van der Waals surface area contributed by atoms with Crippen LogP contribution in [-0.2, 0) is 17.1 Å². The fraction of sp³-hybridized carbons (Fsp3) is 0.176. The maximum absolute atomic E-state index is 12.9. The predicted molar refractivity (Wildman–Crippen MR) is 89.7 cm³/mol. The van der Waals surface area contributed by atoms with Crippen molar-refractivity contribution in [2.45, 2.75) is 12.4 Å². The van der Waals surface area contributed by atoms with E-state index in [-0.39, 0.29) is 11.8 Å². The smallest absolute Gasteiger partial charge is 0.416 e. The molecule has 0 bridgehead atoms. The van der Waals surface area contributed by atoms with Gasteiger partial charge < -0.3 is 10.1 Å². The van der Waals surface area contributed by atoms with E-state index < -0.39 is 41.7 Å². The van der Waals surface area contributed by atoms with Gasteiger partial charge in [0.1, 0.15) is 12.1 Å². The van der Waals surface area contributed by atoms with Gasteiger partial charge in [-0.15, -0.1) is 5.10 Å². The molecule has 1 aromatic heterocycles. The zero-order valence-electron chi connectivity index (χ0n) is 14.7. The van der Waals surface area contributed by atoms with Crippen molar-refractivity contribution < 1.29 is 35.9 Å². The fourth-order valence-corrected chi connectivity index (χ4v) is 2.35. The molecule has 0 atom stereocenters. The second-order valence-electron chi connectivity index (χ2n) is 5.88. The summed E-state index contributed by atoms with van der Waals surface area (Å²) in [6.45, 7) is -0.637. The molecular formula is C17H11F6N5O2. The van der Waals surface area contributed by atoms with Crippen LogP contribution in [0.5, 0.6) is 5.75 Å². The van der Waals surface area contributed by atoms with Gasteiger partial charge in [-0.25, -0.2) is 4.68 Å². The van der Waals surface area contributed by atoms with Crippen molar-refractivity contribution in [2.75, 3.05) is 11.9 Å². The number of hydrogen-bond acceptors (Lipinski definition) is 5. The first-order chi connectivity index (χ1) is 14.0. The number of benzene rings is 2. The number of nitrogens with zero attached hydrogens (tertiary/aromatic N) is 4. The zero-order chi connectivity index (χ0) is 21.9. The van der Waals surface area contributed by atoms with Crippen LogP contribution in [0, 0.1) is 0 Å². The highest BCUT2D eigenvalue weighted by molar-refractivity contribution is 5.92. The maximum atomic E-state index is 12.9. The minimum Gasteiger partial charge on any atom is -0.484 e. The van der Waals surface area contributed by atoms with Crippen molar-refractivity contribution in [1.29, 1.82) is 0 Å². The topological polar surface area (TPSA) is 81.9 Å². The average molecular weight is 431 g/mol. The van der Waals surface area contributed by atoms with Crippen LogP contribution in [0.1, 0.15) is 11.1 Å². The summed E-state index contributed by atoms with van der Waals surface area (Å²) in [4.78, 5) is 11.9. The van der Waals surface area contributed by atoms with E-state index in [0.29, 0.717) is 17.8 Å². The second kappa shape index (κ2) is 8.00. The number of tetrazole rings is 1. The molecule has 0 unspecified atom stereocenters. The van der Waals surface area contributed by atoms with Gasteiger partial charge in [0, 0.05) is 5.69 Å². The summed E-state index contributed by atoms with van der Waals surface area (Å²) in [6, 6.07) is 6.91. The van der Waals surface area contributed by atoms with Crippen molar-refractivity contribution >= 4 is 11.6 Å². The summed E-state index contributed by atoms with van der Waals surface area (Å²) in [6.07, 6.45) is -8.68. The third-order valence-electron chi connectivity index (χ3n) is 3.69. The Labute approximate surface area is 164 Å². The van der Waals surface area contributed by atoms with Crippen molar-refractivity contribution in [1.82, 2.24) is 20.2 Å². The molecular weight excluding hydrogens is 420 g/mol. The van der Waals surface area contributed by atoms with Crippen molar-refractivity contribution in [2.24, 2.45) is 0 Å². The van der Waals surface area contributed by atoms with Gasteiger partial charge in [-0.1, -0.05) is 0 Å². The van der Waals surface area contributed by atoms with Crippen LogP contribution in [0.2, 0.25) is 0 Å². The van der Waals surface area contributed by atoms with E-state index in [2.05, 4.69) is 15.5 Å². The quantitative estimate of drug-likeness (QED) is 0.623. The lowest BCUT2D eigenvalue weighted by atomic mass is 10.1. The Kier molecular flexibility index (Phi) is 5.62. The summed E-state index contributed by atoms with van der Waals surface area (Å²) in [5.74, 6) is -0.700. The third kappa shape index (κ3) is 5.24. The second-order valence-corrected chi connectivity index (χ2v) is 5.88. The third-order valence-corrected chi connectivity index (χ3v) is 3.69. The molecule has 0 saturated heterocycles. The van der Waals surface area contributed by atoms with Gasteiger partial charge in [0.2, 0.25) is 0 Å². The van der Waals surface area contributed by atoms with E-state index in [1.807, 2.05) is 5.32 Å². The Balaban J connectivity index is 1.67. The van der Waals surface area contributed by atoms with Crippen LogP contribution in [-0.4, -0.2) is 32.7 Å². The molecule has 7 nitrogen and oxygen atoms in total. The number of carbonyl (C=O) groups is 1. The molecule has 3 aromatic rings. The number of halogens is 6.